The van der Waals surface area contributed by atoms with Crippen molar-refractivity contribution in [3.05, 3.63) is 35.1 Å². The highest BCUT2D eigenvalue weighted by atomic mass is 35.5. The Kier molecular flexibility index (Phi) is 6.83. The molecule has 0 fully saturated rings. The first-order valence-electron chi connectivity index (χ1n) is 7.67. The monoisotopic (exact) mass is 382 g/mol. The summed E-state index contributed by atoms with van der Waals surface area (Å²) in [6.45, 7) is 3.84. The smallest absolute Gasteiger partial charge is 0.313 e. The first-order valence-corrected chi connectivity index (χ1v) is 8.93. The summed E-state index contributed by atoms with van der Waals surface area (Å²) in [5, 5.41) is 11.6. The van der Waals surface area contributed by atoms with Crippen molar-refractivity contribution in [2.45, 2.75) is 30.7 Å². The molecule has 9 heteroatoms. The predicted molar refractivity (Wildman–Crippen MR) is 96.7 cm³/mol. The summed E-state index contributed by atoms with van der Waals surface area (Å²) in [4.78, 5) is 23.8. The Morgan fingerprint density at radius 2 is 2.00 bits per heavy atom. The van der Waals surface area contributed by atoms with Gasteiger partial charge in [-0.15, -0.1) is 10.2 Å². The second-order valence-corrected chi connectivity index (χ2v) is 6.94. The van der Waals surface area contributed by atoms with E-state index in [0.29, 0.717) is 28.3 Å². The molecule has 2 aromatic rings. The van der Waals surface area contributed by atoms with Gasteiger partial charge >= 0.3 is 5.97 Å². The number of halogens is 1. The summed E-state index contributed by atoms with van der Waals surface area (Å²) >= 11 is 7.09. The fraction of sp³-hybridized carbons (Fsp3) is 0.375. The molecule has 0 unspecified atom stereocenters. The molecular formula is C16H19ClN4O3S. The third kappa shape index (κ3) is 5.47. The van der Waals surface area contributed by atoms with Crippen molar-refractivity contribution in [2.24, 2.45) is 7.05 Å². The molecule has 0 aliphatic rings. The summed E-state index contributed by atoms with van der Waals surface area (Å²) in [5.74, 6) is -0.0309. The van der Waals surface area contributed by atoms with Gasteiger partial charge in [0.2, 0.25) is 5.91 Å². The van der Waals surface area contributed by atoms with Crippen LogP contribution in [-0.4, -0.2) is 38.5 Å². The van der Waals surface area contributed by atoms with E-state index in [1.165, 1.54) is 11.8 Å². The van der Waals surface area contributed by atoms with Crippen LogP contribution in [0.15, 0.2) is 29.4 Å². The molecule has 0 saturated heterocycles. The van der Waals surface area contributed by atoms with Crippen molar-refractivity contribution in [3.8, 4) is 0 Å². The normalized spacial score (nSPS) is 11.8. The average molecular weight is 383 g/mol. The van der Waals surface area contributed by atoms with Gasteiger partial charge in [-0.3, -0.25) is 9.59 Å². The van der Waals surface area contributed by atoms with Gasteiger partial charge < -0.3 is 14.6 Å². The molecule has 1 heterocycles. The predicted octanol–water partition coefficient (Wildman–Crippen LogP) is 2.69. The number of ether oxygens (including phenoxy) is 1. The van der Waals surface area contributed by atoms with Crippen LogP contribution < -0.4 is 5.32 Å². The number of benzene rings is 1. The molecule has 7 nitrogen and oxygen atoms in total. The van der Waals surface area contributed by atoms with Gasteiger partial charge in [-0.25, -0.2) is 0 Å². The van der Waals surface area contributed by atoms with Gasteiger partial charge in [0.05, 0.1) is 11.9 Å². The van der Waals surface area contributed by atoms with E-state index >= 15 is 0 Å². The molecule has 1 N–H and O–H groups in total. The van der Waals surface area contributed by atoms with Gasteiger partial charge in [-0.2, -0.15) is 0 Å². The Bertz CT molecular complexity index is 748. The fourth-order valence-electron chi connectivity index (χ4n) is 1.93. The van der Waals surface area contributed by atoms with Crippen LogP contribution in [0.3, 0.4) is 0 Å². The lowest BCUT2D eigenvalue weighted by Crippen LogP contribution is -2.22. The van der Waals surface area contributed by atoms with Gasteiger partial charge in [0.25, 0.3) is 0 Å². The third-order valence-corrected chi connectivity index (χ3v) is 4.68. The summed E-state index contributed by atoms with van der Waals surface area (Å²) in [5.41, 5.74) is 0.669. The number of nitrogens with zero attached hydrogens (tertiary/aromatic N) is 3. The van der Waals surface area contributed by atoms with Crippen molar-refractivity contribution in [3.63, 3.8) is 0 Å². The number of hydrogen-bond acceptors (Lipinski definition) is 6. The van der Waals surface area contributed by atoms with Crippen LogP contribution in [0, 0.1) is 0 Å². The summed E-state index contributed by atoms with van der Waals surface area (Å²) < 4.78 is 6.59. The quantitative estimate of drug-likeness (QED) is 0.585. The number of hydrogen-bond donors (Lipinski definition) is 1. The van der Waals surface area contributed by atoms with E-state index in [9.17, 15) is 9.59 Å². The molecule has 0 radical (unpaired) electrons. The molecule has 0 aliphatic carbocycles. The Morgan fingerprint density at radius 1 is 1.32 bits per heavy atom. The molecule has 1 aromatic heterocycles. The summed E-state index contributed by atoms with van der Waals surface area (Å²) in [6, 6.07) is 6.88. The Balaban J connectivity index is 1.96. The zero-order chi connectivity index (χ0) is 18.4. The molecule has 0 saturated carbocycles. The van der Waals surface area contributed by atoms with E-state index in [0.717, 1.165) is 0 Å². The average Bonchev–Trinajstić information content (AvgIpc) is 2.90. The van der Waals surface area contributed by atoms with Crippen molar-refractivity contribution in [2.75, 3.05) is 11.9 Å². The van der Waals surface area contributed by atoms with Crippen LogP contribution in [0.4, 0.5) is 5.69 Å². The lowest BCUT2D eigenvalue weighted by molar-refractivity contribution is -0.142. The third-order valence-electron chi connectivity index (χ3n) is 3.30. The maximum Gasteiger partial charge on any atom is 0.313 e. The highest BCUT2D eigenvalue weighted by molar-refractivity contribution is 8.00. The molecule has 0 spiro atoms. The number of carbonyl (C=O) groups excluding carboxylic acids is 2. The zero-order valence-corrected chi connectivity index (χ0v) is 15.7. The Hall–Kier alpha value is -2.06. The largest absolute Gasteiger partial charge is 0.466 e. The van der Waals surface area contributed by atoms with Gasteiger partial charge in [0.1, 0.15) is 12.2 Å². The molecular weight excluding hydrogens is 364 g/mol. The molecule has 0 bridgehead atoms. The first kappa shape index (κ1) is 19.3. The van der Waals surface area contributed by atoms with Crippen LogP contribution >= 0.6 is 23.4 Å². The lowest BCUT2D eigenvalue weighted by Gasteiger charge is -2.11. The SMILES string of the molecule is CCOC(=O)Cc1nnc(S[C@H](C)C(=O)Nc2ccc(Cl)cc2)n1C. The van der Waals surface area contributed by atoms with Crippen molar-refractivity contribution in [1.82, 2.24) is 14.8 Å². The number of nitrogens with one attached hydrogen (secondary N) is 1. The Labute approximate surface area is 155 Å². The van der Waals surface area contributed by atoms with Crippen LogP contribution in [0.2, 0.25) is 5.02 Å². The highest BCUT2D eigenvalue weighted by Gasteiger charge is 2.20. The molecule has 1 atom stereocenters. The van der Waals surface area contributed by atoms with E-state index in [2.05, 4.69) is 15.5 Å². The second-order valence-electron chi connectivity index (χ2n) is 5.20. The first-order chi connectivity index (χ1) is 11.9. The molecule has 1 amide bonds. The van der Waals surface area contributed by atoms with E-state index < -0.39 is 5.25 Å². The standard InChI is InChI=1S/C16H19ClN4O3S/c1-4-24-14(22)9-13-19-20-16(21(13)3)25-10(2)15(23)18-12-7-5-11(17)6-8-12/h5-8,10H,4,9H2,1-3H3,(H,18,23)/t10-/m1/s1. The van der Waals surface area contributed by atoms with Gasteiger partial charge in [0.15, 0.2) is 5.16 Å². The minimum atomic E-state index is -0.394. The second kappa shape index (κ2) is 8.87. The summed E-state index contributed by atoms with van der Waals surface area (Å²) in [7, 11) is 1.75. The fourth-order valence-corrected chi connectivity index (χ4v) is 2.89. The maximum atomic E-state index is 12.3. The number of anilines is 1. The topological polar surface area (TPSA) is 86.1 Å². The van der Waals surface area contributed by atoms with E-state index in [1.54, 1.807) is 49.7 Å². The number of carbonyl (C=O) groups is 2. The lowest BCUT2D eigenvalue weighted by atomic mass is 10.3. The molecule has 134 valence electrons. The van der Waals surface area contributed by atoms with Gasteiger partial charge in [-0.05, 0) is 38.1 Å². The van der Waals surface area contributed by atoms with Crippen LogP contribution in [0.1, 0.15) is 19.7 Å². The maximum absolute atomic E-state index is 12.3. The highest BCUT2D eigenvalue weighted by Crippen LogP contribution is 2.23. The number of rotatable bonds is 7. The number of aromatic nitrogens is 3. The van der Waals surface area contributed by atoms with Gasteiger partial charge in [-0.1, -0.05) is 23.4 Å². The number of esters is 1. The number of amides is 1. The Morgan fingerprint density at radius 3 is 2.64 bits per heavy atom. The van der Waals surface area contributed by atoms with Gasteiger partial charge in [0, 0.05) is 17.8 Å². The summed E-state index contributed by atoms with van der Waals surface area (Å²) in [6.07, 6.45) is 0.0449. The van der Waals surface area contributed by atoms with Crippen molar-refractivity contribution >= 4 is 40.9 Å². The van der Waals surface area contributed by atoms with Crippen molar-refractivity contribution < 1.29 is 14.3 Å². The minimum Gasteiger partial charge on any atom is -0.466 e. The zero-order valence-electron chi connectivity index (χ0n) is 14.2. The number of thioether (sulfide) groups is 1. The molecule has 2 rings (SSSR count). The van der Waals surface area contributed by atoms with E-state index in [-0.39, 0.29) is 18.3 Å². The van der Waals surface area contributed by atoms with Crippen LogP contribution in [0.5, 0.6) is 0 Å². The van der Waals surface area contributed by atoms with Crippen LogP contribution in [0.25, 0.3) is 0 Å². The minimum absolute atomic E-state index is 0.0449. The molecule has 0 aliphatic heterocycles. The molecule has 25 heavy (non-hydrogen) atoms. The van der Waals surface area contributed by atoms with Crippen LogP contribution in [-0.2, 0) is 27.8 Å². The van der Waals surface area contributed by atoms with E-state index in [1.807, 2.05) is 0 Å². The molecule has 1 aromatic carbocycles. The van der Waals surface area contributed by atoms with Crippen molar-refractivity contribution in [1.29, 1.82) is 0 Å². The van der Waals surface area contributed by atoms with E-state index in [4.69, 9.17) is 16.3 Å².